The van der Waals surface area contributed by atoms with Crippen molar-refractivity contribution in [1.29, 1.82) is 5.26 Å². The van der Waals surface area contributed by atoms with Crippen LogP contribution in [0.2, 0.25) is 0 Å². The molecule has 1 aromatic heterocycles. The van der Waals surface area contributed by atoms with Crippen molar-refractivity contribution in [2.75, 3.05) is 6.54 Å². The number of H-pyrrole nitrogens is 1. The van der Waals surface area contributed by atoms with Crippen LogP contribution in [0.25, 0.3) is 0 Å². The molecule has 1 aromatic rings. The van der Waals surface area contributed by atoms with E-state index >= 15 is 0 Å². The maximum Gasteiger partial charge on any atom is 0.265 e. The maximum absolute atomic E-state index is 11.2. The number of nitriles is 1. The summed E-state index contributed by atoms with van der Waals surface area (Å²) in [6.07, 6.45) is 5.16. The van der Waals surface area contributed by atoms with Crippen molar-refractivity contribution in [2.45, 2.75) is 25.3 Å². The summed E-state index contributed by atoms with van der Waals surface area (Å²) < 4.78 is 0. The van der Waals surface area contributed by atoms with Crippen LogP contribution in [0.3, 0.4) is 0 Å². The first-order valence-corrected chi connectivity index (χ1v) is 5.17. The highest BCUT2D eigenvalue weighted by Crippen LogP contribution is 2.21. The molecule has 15 heavy (non-hydrogen) atoms. The molecule has 1 fully saturated rings. The van der Waals surface area contributed by atoms with Gasteiger partial charge >= 0.3 is 0 Å². The third kappa shape index (κ3) is 2.08. The van der Waals surface area contributed by atoms with Crippen molar-refractivity contribution in [2.24, 2.45) is 0 Å². The Morgan fingerprint density at radius 1 is 1.47 bits per heavy atom. The summed E-state index contributed by atoms with van der Waals surface area (Å²) in [5.74, 6) is 0. The highest BCUT2D eigenvalue weighted by molar-refractivity contribution is 5.30. The standard InChI is InChI=1S/C11H13N3O/c12-6-8-5-9(7-14-11(8)15)10-3-1-2-4-13-10/h5,7,10,13H,1-4H2,(H,14,15). The van der Waals surface area contributed by atoms with Crippen molar-refractivity contribution in [3.05, 3.63) is 33.7 Å². The van der Waals surface area contributed by atoms with Gasteiger partial charge in [0.1, 0.15) is 11.6 Å². The van der Waals surface area contributed by atoms with Crippen molar-refractivity contribution in [3.8, 4) is 6.07 Å². The van der Waals surface area contributed by atoms with Gasteiger partial charge in [-0.1, -0.05) is 6.42 Å². The van der Waals surface area contributed by atoms with Gasteiger partial charge in [-0.15, -0.1) is 0 Å². The quantitative estimate of drug-likeness (QED) is 0.717. The van der Waals surface area contributed by atoms with Gasteiger partial charge in [-0.3, -0.25) is 4.79 Å². The van der Waals surface area contributed by atoms with E-state index in [1.54, 1.807) is 12.3 Å². The van der Waals surface area contributed by atoms with Gasteiger partial charge in [-0.05, 0) is 31.0 Å². The summed E-state index contributed by atoms with van der Waals surface area (Å²) in [7, 11) is 0. The third-order valence-corrected chi connectivity index (χ3v) is 2.76. The van der Waals surface area contributed by atoms with E-state index in [4.69, 9.17) is 5.26 Å². The number of nitrogens with zero attached hydrogens (tertiary/aromatic N) is 1. The van der Waals surface area contributed by atoms with E-state index in [9.17, 15) is 4.79 Å². The minimum absolute atomic E-state index is 0.194. The fourth-order valence-electron chi connectivity index (χ4n) is 1.92. The van der Waals surface area contributed by atoms with Crippen LogP contribution in [0.4, 0.5) is 0 Å². The molecule has 2 rings (SSSR count). The number of hydrogen-bond acceptors (Lipinski definition) is 3. The lowest BCUT2D eigenvalue weighted by Crippen LogP contribution is -2.27. The molecule has 1 aliphatic rings. The lowest BCUT2D eigenvalue weighted by atomic mass is 9.98. The summed E-state index contributed by atoms with van der Waals surface area (Å²) in [5, 5.41) is 12.1. The molecule has 78 valence electrons. The van der Waals surface area contributed by atoms with Gasteiger partial charge < -0.3 is 10.3 Å². The van der Waals surface area contributed by atoms with Gasteiger partial charge in [-0.25, -0.2) is 0 Å². The van der Waals surface area contributed by atoms with E-state index in [1.807, 2.05) is 6.07 Å². The van der Waals surface area contributed by atoms with Gasteiger partial charge in [0.2, 0.25) is 0 Å². The SMILES string of the molecule is N#Cc1cc(C2CCCCN2)c[nH]c1=O. The fraction of sp³-hybridized carbons (Fsp3) is 0.455. The predicted octanol–water partition coefficient (Wildman–Crippen LogP) is 1.06. The van der Waals surface area contributed by atoms with Gasteiger partial charge in [0.05, 0.1) is 0 Å². The van der Waals surface area contributed by atoms with Crippen LogP contribution in [0, 0.1) is 11.3 Å². The molecule has 0 spiro atoms. The highest BCUT2D eigenvalue weighted by atomic mass is 16.1. The molecule has 1 saturated heterocycles. The monoisotopic (exact) mass is 203 g/mol. The maximum atomic E-state index is 11.2. The van der Waals surface area contributed by atoms with Crippen molar-refractivity contribution in [1.82, 2.24) is 10.3 Å². The predicted molar refractivity (Wildman–Crippen MR) is 56.4 cm³/mol. The van der Waals surface area contributed by atoms with Crippen LogP contribution in [0.15, 0.2) is 17.1 Å². The normalized spacial score (nSPS) is 20.9. The molecule has 0 bridgehead atoms. The second kappa shape index (κ2) is 4.28. The molecule has 4 nitrogen and oxygen atoms in total. The lowest BCUT2D eigenvalue weighted by molar-refractivity contribution is 0.411. The zero-order chi connectivity index (χ0) is 10.7. The summed E-state index contributed by atoms with van der Waals surface area (Å²) in [4.78, 5) is 13.8. The largest absolute Gasteiger partial charge is 0.328 e. The number of hydrogen-bond donors (Lipinski definition) is 2. The van der Waals surface area contributed by atoms with Crippen LogP contribution in [0.1, 0.15) is 36.4 Å². The van der Waals surface area contributed by atoms with Crippen LogP contribution >= 0.6 is 0 Å². The van der Waals surface area contributed by atoms with Crippen molar-refractivity contribution in [3.63, 3.8) is 0 Å². The van der Waals surface area contributed by atoms with Crippen molar-refractivity contribution < 1.29 is 0 Å². The van der Waals surface area contributed by atoms with E-state index in [-0.39, 0.29) is 17.2 Å². The lowest BCUT2D eigenvalue weighted by Gasteiger charge is -2.23. The molecule has 0 saturated carbocycles. The fourth-order valence-corrected chi connectivity index (χ4v) is 1.92. The first-order valence-electron chi connectivity index (χ1n) is 5.17. The number of rotatable bonds is 1. The Balaban J connectivity index is 2.29. The molecule has 1 aliphatic heterocycles. The molecule has 0 radical (unpaired) electrons. The third-order valence-electron chi connectivity index (χ3n) is 2.76. The minimum Gasteiger partial charge on any atom is -0.328 e. The Kier molecular flexibility index (Phi) is 2.84. The van der Waals surface area contributed by atoms with Crippen LogP contribution in [-0.2, 0) is 0 Å². The highest BCUT2D eigenvalue weighted by Gasteiger charge is 2.15. The molecular weight excluding hydrogens is 190 g/mol. The average Bonchev–Trinajstić information content (AvgIpc) is 2.31. The topological polar surface area (TPSA) is 68.7 Å². The first-order chi connectivity index (χ1) is 7.31. The summed E-state index contributed by atoms with van der Waals surface area (Å²) in [6, 6.07) is 3.87. The van der Waals surface area contributed by atoms with Gasteiger partial charge in [-0.2, -0.15) is 5.26 Å². The molecule has 2 heterocycles. The Labute approximate surface area is 87.9 Å². The molecule has 2 N–H and O–H groups in total. The molecule has 4 heteroatoms. The summed E-state index contributed by atoms with van der Waals surface area (Å²) in [5.41, 5.74) is 0.891. The molecule has 1 unspecified atom stereocenters. The van der Waals surface area contributed by atoms with E-state index in [1.165, 1.54) is 12.8 Å². The number of aromatic amines is 1. The number of piperidine rings is 1. The smallest absolute Gasteiger partial charge is 0.265 e. The van der Waals surface area contributed by atoms with Crippen LogP contribution < -0.4 is 10.9 Å². The van der Waals surface area contributed by atoms with Crippen molar-refractivity contribution >= 4 is 0 Å². The van der Waals surface area contributed by atoms with E-state index in [0.717, 1.165) is 18.5 Å². The number of pyridine rings is 1. The Morgan fingerprint density at radius 2 is 2.33 bits per heavy atom. The van der Waals surface area contributed by atoms with E-state index in [0.29, 0.717) is 0 Å². The van der Waals surface area contributed by atoms with Gasteiger partial charge in [0.25, 0.3) is 5.56 Å². The zero-order valence-corrected chi connectivity index (χ0v) is 8.42. The number of aromatic nitrogens is 1. The van der Waals surface area contributed by atoms with E-state index < -0.39 is 0 Å². The Hall–Kier alpha value is -1.60. The molecule has 0 amide bonds. The Bertz CT molecular complexity index is 438. The summed E-state index contributed by atoms with van der Waals surface area (Å²) in [6.45, 7) is 1.01. The molecule has 0 aliphatic carbocycles. The Morgan fingerprint density at radius 3 is 3.00 bits per heavy atom. The minimum atomic E-state index is -0.308. The first kappa shape index (κ1) is 9.94. The molecular formula is C11H13N3O. The van der Waals surface area contributed by atoms with Gasteiger partial charge in [0, 0.05) is 12.2 Å². The second-order valence-electron chi connectivity index (χ2n) is 3.79. The zero-order valence-electron chi connectivity index (χ0n) is 8.42. The van der Waals surface area contributed by atoms with E-state index in [2.05, 4.69) is 10.3 Å². The van der Waals surface area contributed by atoms with Crippen LogP contribution in [0.5, 0.6) is 0 Å². The van der Waals surface area contributed by atoms with Gasteiger partial charge in [0.15, 0.2) is 0 Å². The molecule has 1 atom stereocenters. The average molecular weight is 203 g/mol. The molecule has 0 aromatic carbocycles. The summed E-state index contributed by atoms with van der Waals surface area (Å²) >= 11 is 0. The van der Waals surface area contributed by atoms with Crippen LogP contribution in [-0.4, -0.2) is 11.5 Å². The number of nitrogens with one attached hydrogen (secondary N) is 2. The second-order valence-corrected chi connectivity index (χ2v) is 3.79.